The lowest BCUT2D eigenvalue weighted by atomic mass is 10.2. The molecule has 0 aliphatic rings. The van der Waals surface area contributed by atoms with Gasteiger partial charge in [0.05, 0.1) is 5.52 Å². The lowest BCUT2D eigenvalue weighted by molar-refractivity contribution is 0.461. The Labute approximate surface area is 117 Å². The van der Waals surface area contributed by atoms with E-state index < -0.39 is 5.76 Å². The van der Waals surface area contributed by atoms with Gasteiger partial charge in [-0.25, -0.2) is 9.78 Å². The number of H-pyrrole nitrogens is 1. The van der Waals surface area contributed by atoms with E-state index in [-0.39, 0.29) is 17.0 Å². The molecule has 7 nitrogen and oxygen atoms in total. The lowest BCUT2D eigenvalue weighted by Gasteiger charge is -2.06. The highest BCUT2D eigenvalue weighted by Crippen LogP contribution is 2.27. The minimum atomic E-state index is -0.519. The van der Waals surface area contributed by atoms with Crippen LogP contribution in [0.1, 0.15) is 5.56 Å². The Hall–Kier alpha value is -2.54. The summed E-state index contributed by atoms with van der Waals surface area (Å²) in [7, 11) is 0. The molecule has 0 saturated carbocycles. The molecular formula is C12H9ClN4O3. The number of nitrogen functional groups attached to an aromatic ring is 1. The average Bonchev–Trinajstić information content (AvgIpc) is 2.68. The number of aromatic amines is 1. The molecule has 0 atom stereocenters. The second-order valence-corrected chi connectivity index (χ2v) is 4.50. The number of hydrogen-bond acceptors (Lipinski definition) is 6. The van der Waals surface area contributed by atoms with Crippen molar-refractivity contribution in [1.29, 1.82) is 0 Å². The number of nitrogens with zero attached hydrogens (tertiary/aromatic N) is 2. The highest BCUT2D eigenvalue weighted by molar-refractivity contribution is 6.29. The zero-order valence-electron chi connectivity index (χ0n) is 10.3. The Morgan fingerprint density at radius 1 is 1.35 bits per heavy atom. The molecule has 0 unspecified atom stereocenters. The minimum absolute atomic E-state index is 0.0125. The number of oxazole rings is 1. The van der Waals surface area contributed by atoms with Crippen LogP contribution in [0.5, 0.6) is 11.6 Å². The molecular weight excluding hydrogens is 284 g/mol. The van der Waals surface area contributed by atoms with E-state index in [0.29, 0.717) is 16.8 Å². The predicted molar refractivity (Wildman–Crippen MR) is 73.1 cm³/mol. The van der Waals surface area contributed by atoms with Gasteiger partial charge in [-0.15, -0.1) is 0 Å². The zero-order chi connectivity index (χ0) is 14.3. The average molecular weight is 293 g/mol. The smallest absolute Gasteiger partial charge is 0.417 e. The molecule has 3 rings (SSSR count). The zero-order valence-corrected chi connectivity index (χ0v) is 11.1. The van der Waals surface area contributed by atoms with Gasteiger partial charge < -0.3 is 14.9 Å². The summed E-state index contributed by atoms with van der Waals surface area (Å²) in [5.41, 5.74) is 7.32. The summed E-state index contributed by atoms with van der Waals surface area (Å²) in [5, 5.41) is 0.179. The molecule has 2 aromatic heterocycles. The van der Waals surface area contributed by atoms with Gasteiger partial charge in [-0.05, 0) is 18.6 Å². The van der Waals surface area contributed by atoms with Gasteiger partial charge in [-0.1, -0.05) is 11.6 Å². The van der Waals surface area contributed by atoms with Gasteiger partial charge in [0.2, 0.25) is 11.8 Å². The minimum Gasteiger partial charge on any atom is -0.439 e. The van der Waals surface area contributed by atoms with E-state index in [1.807, 2.05) is 6.92 Å². The van der Waals surface area contributed by atoms with Crippen molar-refractivity contribution in [3.8, 4) is 11.6 Å². The van der Waals surface area contributed by atoms with E-state index in [1.165, 1.54) is 6.07 Å². The molecule has 20 heavy (non-hydrogen) atoms. The highest BCUT2D eigenvalue weighted by Gasteiger charge is 2.09. The molecule has 1 aromatic carbocycles. The van der Waals surface area contributed by atoms with Gasteiger partial charge in [0.1, 0.15) is 10.9 Å². The number of anilines is 1. The van der Waals surface area contributed by atoms with Crippen LogP contribution >= 0.6 is 11.6 Å². The lowest BCUT2D eigenvalue weighted by Crippen LogP contribution is -1.97. The van der Waals surface area contributed by atoms with Crippen LogP contribution in [0.15, 0.2) is 27.4 Å². The monoisotopic (exact) mass is 292 g/mol. The van der Waals surface area contributed by atoms with E-state index in [0.717, 1.165) is 5.56 Å². The summed E-state index contributed by atoms with van der Waals surface area (Å²) >= 11 is 5.77. The summed E-state index contributed by atoms with van der Waals surface area (Å²) in [4.78, 5) is 21.4. The number of fused-ring (bicyclic) bond motifs is 1. The largest absolute Gasteiger partial charge is 0.439 e. The Kier molecular flexibility index (Phi) is 2.83. The van der Waals surface area contributed by atoms with Crippen LogP contribution in [-0.2, 0) is 0 Å². The maximum absolute atomic E-state index is 11.2. The van der Waals surface area contributed by atoms with E-state index >= 15 is 0 Å². The van der Waals surface area contributed by atoms with Crippen LogP contribution in [0.3, 0.4) is 0 Å². The van der Waals surface area contributed by atoms with Crippen LogP contribution in [0.2, 0.25) is 5.15 Å². The second kappa shape index (κ2) is 4.53. The Bertz CT molecular complexity index is 835. The van der Waals surface area contributed by atoms with Crippen molar-refractivity contribution in [1.82, 2.24) is 15.0 Å². The summed E-state index contributed by atoms with van der Waals surface area (Å²) in [6.45, 7) is 1.82. The van der Waals surface area contributed by atoms with Crippen molar-refractivity contribution in [2.45, 2.75) is 6.92 Å². The number of aromatic nitrogens is 3. The Balaban J connectivity index is 2.04. The third-order valence-corrected chi connectivity index (χ3v) is 2.81. The second-order valence-electron chi connectivity index (χ2n) is 4.12. The molecule has 102 valence electrons. The van der Waals surface area contributed by atoms with Gasteiger partial charge in [-0.2, -0.15) is 4.98 Å². The van der Waals surface area contributed by atoms with Crippen molar-refractivity contribution in [3.05, 3.63) is 39.5 Å². The molecule has 0 saturated heterocycles. The Morgan fingerprint density at radius 3 is 2.90 bits per heavy atom. The molecule has 0 aliphatic carbocycles. The van der Waals surface area contributed by atoms with Crippen molar-refractivity contribution in [2.24, 2.45) is 0 Å². The fourth-order valence-electron chi connectivity index (χ4n) is 1.84. The number of nitrogens with two attached hydrogens (primary N) is 1. The molecule has 3 N–H and O–H groups in total. The first-order chi connectivity index (χ1) is 9.51. The van der Waals surface area contributed by atoms with E-state index in [1.54, 1.807) is 12.1 Å². The SMILES string of the molecule is Cc1cc(Oc2cc(Cl)nc(N)n2)cc2oc(=O)[nH]c12. The van der Waals surface area contributed by atoms with Gasteiger partial charge >= 0.3 is 5.76 Å². The van der Waals surface area contributed by atoms with Crippen LogP contribution in [0, 0.1) is 6.92 Å². The molecule has 0 radical (unpaired) electrons. The van der Waals surface area contributed by atoms with Crippen LogP contribution in [0.4, 0.5) is 5.95 Å². The summed E-state index contributed by atoms with van der Waals surface area (Å²) in [5.74, 6) is 0.152. The van der Waals surface area contributed by atoms with Crippen LogP contribution in [-0.4, -0.2) is 15.0 Å². The summed E-state index contributed by atoms with van der Waals surface area (Å²) in [6, 6.07) is 4.75. The van der Waals surface area contributed by atoms with Crippen molar-refractivity contribution in [2.75, 3.05) is 5.73 Å². The standard InChI is InChI=1S/C12H9ClN4O3/c1-5-2-6(3-7-10(5)17-12(18)20-7)19-9-4-8(13)15-11(14)16-9/h2-4H,1H3,(H,17,18)(H2,14,15,16). The predicted octanol–water partition coefficient (Wildman–Crippen LogP) is 2.25. The molecule has 0 fully saturated rings. The third kappa shape index (κ3) is 2.30. The number of benzene rings is 1. The van der Waals surface area contributed by atoms with Gasteiger partial charge in [0, 0.05) is 12.1 Å². The molecule has 2 heterocycles. The quantitative estimate of drug-likeness (QED) is 0.701. The van der Waals surface area contributed by atoms with E-state index in [2.05, 4.69) is 15.0 Å². The fraction of sp³-hybridized carbons (Fsp3) is 0.0833. The summed E-state index contributed by atoms with van der Waals surface area (Å²) < 4.78 is 10.5. The molecule has 3 aromatic rings. The van der Waals surface area contributed by atoms with Gasteiger partial charge in [0.25, 0.3) is 0 Å². The molecule has 8 heteroatoms. The first-order valence-corrected chi connectivity index (χ1v) is 6.00. The number of ether oxygens (including phenoxy) is 1. The molecule has 0 spiro atoms. The highest BCUT2D eigenvalue weighted by atomic mass is 35.5. The maximum Gasteiger partial charge on any atom is 0.417 e. The summed E-state index contributed by atoms with van der Waals surface area (Å²) in [6.07, 6.45) is 0. The number of aryl methyl sites for hydroxylation is 1. The maximum atomic E-state index is 11.2. The normalized spacial score (nSPS) is 10.9. The van der Waals surface area contributed by atoms with Crippen LogP contribution < -0.4 is 16.2 Å². The first-order valence-electron chi connectivity index (χ1n) is 5.62. The number of nitrogens with one attached hydrogen (secondary N) is 1. The Morgan fingerprint density at radius 2 is 2.15 bits per heavy atom. The molecule has 0 amide bonds. The fourth-order valence-corrected chi connectivity index (χ4v) is 2.02. The van der Waals surface area contributed by atoms with Crippen molar-refractivity contribution >= 4 is 28.6 Å². The number of rotatable bonds is 2. The van der Waals surface area contributed by atoms with Gasteiger partial charge in [-0.3, -0.25) is 4.98 Å². The number of hydrogen-bond donors (Lipinski definition) is 2. The van der Waals surface area contributed by atoms with Crippen LogP contribution in [0.25, 0.3) is 11.1 Å². The van der Waals surface area contributed by atoms with E-state index in [4.69, 9.17) is 26.5 Å². The number of halogens is 1. The first kappa shape index (κ1) is 12.5. The third-order valence-electron chi connectivity index (χ3n) is 2.61. The topological polar surface area (TPSA) is 107 Å². The van der Waals surface area contributed by atoms with Crippen molar-refractivity contribution in [3.63, 3.8) is 0 Å². The molecule has 0 aliphatic heterocycles. The van der Waals surface area contributed by atoms with Gasteiger partial charge in [0.15, 0.2) is 5.58 Å². The molecule has 0 bridgehead atoms. The van der Waals surface area contributed by atoms with Crippen molar-refractivity contribution < 1.29 is 9.15 Å². The van der Waals surface area contributed by atoms with E-state index in [9.17, 15) is 4.79 Å².